The molecule has 98 valence electrons. The van der Waals surface area contributed by atoms with E-state index in [4.69, 9.17) is 5.84 Å². The lowest BCUT2D eigenvalue weighted by molar-refractivity contribution is 0.548. The van der Waals surface area contributed by atoms with E-state index >= 15 is 0 Å². The van der Waals surface area contributed by atoms with E-state index in [0.29, 0.717) is 0 Å². The molecule has 2 heterocycles. The molecule has 0 saturated carbocycles. The molecule has 0 aliphatic rings. The normalized spacial score (nSPS) is 12.9. The third-order valence-corrected chi connectivity index (χ3v) is 3.08. The molecule has 2 aromatic heterocycles. The molecule has 2 rings (SSSR count). The fraction of sp³-hybridized carbons (Fsp3) is 0.500. The molecule has 3 N–H and O–H groups in total. The van der Waals surface area contributed by atoms with Gasteiger partial charge >= 0.3 is 0 Å². The van der Waals surface area contributed by atoms with E-state index < -0.39 is 0 Å². The topological polar surface area (TPSA) is 73.7 Å². The Kier molecular flexibility index (Phi) is 3.78. The maximum Gasteiger partial charge on any atom is 0.0642 e. The van der Waals surface area contributed by atoms with Crippen LogP contribution in [0.15, 0.2) is 18.6 Å². The first kappa shape index (κ1) is 12.8. The van der Waals surface area contributed by atoms with Crippen LogP contribution in [0.4, 0.5) is 0 Å². The summed E-state index contributed by atoms with van der Waals surface area (Å²) in [6.07, 6.45) is 6.75. The largest absolute Gasteiger partial charge is 0.275 e. The molecule has 0 amide bonds. The number of hydrogen-bond donors (Lipinski definition) is 2. The number of hydrogen-bond acceptors (Lipinski definition) is 4. The second-order valence-electron chi connectivity index (χ2n) is 4.47. The Labute approximate surface area is 107 Å². The summed E-state index contributed by atoms with van der Waals surface area (Å²) in [5.74, 6) is 5.66. The first-order chi connectivity index (χ1) is 8.63. The van der Waals surface area contributed by atoms with Gasteiger partial charge in [0.25, 0.3) is 0 Å². The van der Waals surface area contributed by atoms with E-state index in [1.165, 1.54) is 5.56 Å². The maximum absolute atomic E-state index is 5.66. The Morgan fingerprint density at radius 1 is 1.44 bits per heavy atom. The van der Waals surface area contributed by atoms with E-state index in [0.717, 1.165) is 24.2 Å². The third kappa shape index (κ3) is 2.60. The number of rotatable bonds is 5. The number of hydrazine groups is 1. The Hall–Kier alpha value is -1.66. The molecule has 0 aromatic carbocycles. The summed E-state index contributed by atoms with van der Waals surface area (Å²) in [6.45, 7) is 4.95. The Morgan fingerprint density at radius 2 is 2.22 bits per heavy atom. The first-order valence-electron chi connectivity index (χ1n) is 6.11. The van der Waals surface area contributed by atoms with Crippen molar-refractivity contribution in [2.24, 2.45) is 12.9 Å². The molecular formula is C12H20N6. The van der Waals surface area contributed by atoms with Crippen LogP contribution in [0.1, 0.15) is 29.8 Å². The lowest BCUT2D eigenvalue weighted by atomic mass is 10.0. The second kappa shape index (κ2) is 5.32. The van der Waals surface area contributed by atoms with Crippen LogP contribution in [0.2, 0.25) is 0 Å². The number of nitrogens with two attached hydrogens (primary N) is 1. The summed E-state index contributed by atoms with van der Waals surface area (Å²) in [5, 5.41) is 8.61. The van der Waals surface area contributed by atoms with Crippen molar-refractivity contribution in [3.8, 4) is 0 Å². The minimum absolute atomic E-state index is 0.0632. The maximum atomic E-state index is 5.66. The molecule has 0 bridgehead atoms. The number of aryl methyl sites for hydroxylation is 3. The van der Waals surface area contributed by atoms with Crippen molar-refractivity contribution < 1.29 is 0 Å². The van der Waals surface area contributed by atoms with E-state index in [2.05, 4.69) is 28.7 Å². The van der Waals surface area contributed by atoms with Gasteiger partial charge in [-0.3, -0.25) is 20.6 Å². The summed E-state index contributed by atoms with van der Waals surface area (Å²) in [7, 11) is 1.92. The van der Waals surface area contributed by atoms with Gasteiger partial charge in [-0.2, -0.15) is 10.2 Å². The zero-order valence-corrected chi connectivity index (χ0v) is 11.1. The molecule has 2 aromatic rings. The van der Waals surface area contributed by atoms with E-state index in [1.54, 1.807) is 0 Å². The Balaban J connectivity index is 2.16. The summed E-state index contributed by atoms with van der Waals surface area (Å²) in [6, 6.07) is 0.0632. The van der Waals surface area contributed by atoms with Gasteiger partial charge in [-0.1, -0.05) is 0 Å². The highest BCUT2D eigenvalue weighted by Crippen LogP contribution is 2.19. The molecule has 1 unspecified atom stereocenters. The van der Waals surface area contributed by atoms with Gasteiger partial charge in [-0.05, 0) is 25.8 Å². The van der Waals surface area contributed by atoms with Gasteiger partial charge in [0.1, 0.15) is 0 Å². The molecule has 1 atom stereocenters. The Bertz CT molecular complexity index is 512. The Morgan fingerprint density at radius 3 is 2.72 bits per heavy atom. The van der Waals surface area contributed by atoms with Gasteiger partial charge in [0, 0.05) is 31.5 Å². The molecule has 0 aliphatic heterocycles. The third-order valence-electron chi connectivity index (χ3n) is 3.08. The van der Waals surface area contributed by atoms with Gasteiger partial charge in [-0.15, -0.1) is 0 Å². The average molecular weight is 248 g/mol. The highest BCUT2D eigenvalue weighted by atomic mass is 15.3. The standard InChI is InChI=1S/C12H20N6/c1-4-18-7-10(6-14-18)5-12(15-13)11-8-17(3)16-9(11)2/h6-8,12,15H,4-5,13H2,1-3H3. The van der Waals surface area contributed by atoms with Crippen LogP contribution < -0.4 is 11.3 Å². The molecule has 6 heteroatoms. The zero-order valence-electron chi connectivity index (χ0n) is 11.1. The SMILES string of the molecule is CCn1cc(CC(NN)c2cn(C)nc2C)cn1. The monoisotopic (exact) mass is 248 g/mol. The van der Waals surface area contributed by atoms with Crippen molar-refractivity contribution in [3.05, 3.63) is 35.4 Å². The first-order valence-corrected chi connectivity index (χ1v) is 6.11. The second-order valence-corrected chi connectivity index (χ2v) is 4.47. The number of nitrogens with zero attached hydrogens (tertiary/aromatic N) is 4. The molecule has 0 radical (unpaired) electrons. The van der Waals surface area contributed by atoms with Crippen molar-refractivity contribution in [3.63, 3.8) is 0 Å². The van der Waals surface area contributed by atoms with E-state index in [1.807, 2.05) is 35.7 Å². The molecule has 18 heavy (non-hydrogen) atoms. The minimum atomic E-state index is 0.0632. The van der Waals surface area contributed by atoms with E-state index in [9.17, 15) is 0 Å². The van der Waals surface area contributed by atoms with Gasteiger partial charge in [0.15, 0.2) is 0 Å². The van der Waals surface area contributed by atoms with Crippen molar-refractivity contribution in [2.45, 2.75) is 32.9 Å². The van der Waals surface area contributed by atoms with Crippen molar-refractivity contribution in [1.82, 2.24) is 25.0 Å². The summed E-state index contributed by atoms with van der Waals surface area (Å²) >= 11 is 0. The van der Waals surface area contributed by atoms with Crippen LogP contribution in [0.25, 0.3) is 0 Å². The highest BCUT2D eigenvalue weighted by molar-refractivity contribution is 5.22. The fourth-order valence-electron chi connectivity index (χ4n) is 2.14. The number of nitrogens with one attached hydrogen (secondary N) is 1. The van der Waals surface area contributed by atoms with Crippen molar-refractivity contribution >= 4 is 0 Å². The highest BCUT2D eigenvalue weighted by Gasteiger charge is 2.16. The molecule has 0 saturated heterocycles. The van der Waals surface area contributed by atoms with Crippen LogP contribution in [-0.4, -0.2) is 19.6 Å². The lowest BCUT2D eigenvalue weighted by Gasteiger charge is -2.13. The average Bonchev–Trinajstić information content (AvgIpc) is 2.92. The molecular weight excluding hydrogens is 228 g/mol. The lowest BCUT2D eigenvalue weighted by Crippen LogP contribution is -2.29. The zero-order chi connectivity index (χ0) is 13.1. The van der Waals surface area contributed by atoms with Gasteiger partial charge in [0.05, 0.1) is 17.9 Å². The van der Waals surface area contributed by atoms with Crippen LogP contribution >= 0.6 is 0 Å². The van der Waals surface area contributed by atoms with Crippen molar-refractivity contribution in [1.29, 1.82) is 0 Å². The summed E-state index contributed by atoms with van der Waals surface area (Å²) in [5.41, 5.74) is 6.16. The smallest absolute Gasteiger partial charge is 0.0642 e. The summed E-state index contributed by atoms with van der Waals surface area (Å²) in [4.78, 5) is 0. The van der Waals surface area contributed by atoms with Crippen LogP contribution in [0.3, 0.4) is 0 Å². The molecule has 0 fully saturated rings. The van der Waals surface area contributed by atoms with Gasteiger partial charge in [0.2, 0.25) is 0 Å². The van der Waals surface area contributed by atoms with Gasteiger partial charge < -0.3 is 0 Å². The van der Waals surface area contributed by atoms with E-state index in [-0.39, 0.29) is 6.04 Å². The fourth-order valence-corrected chi connectivity index (χ4v) is 2.14. The summed E-state index contributed by atoms with van der Waals surface area (Å²) < 4.78 is 3.73. The van der Waals surface area contributed by atoms with Crippen LogP contribution in [-0.2, 0) is 20.0 Å². The minimum Gasteiger partial charge on any atom is -0.275 e. The predicted molar refractivity (Wildman–Crippen MR) is 69.6 cm³/mol. The quantitative estimate of drug-likeness (QED) is 0.603. The van der Waals surface area contributed by atoms with Gasteiger partial charge in [-0.25, -0.2) is 0 Å². The van der Waals surface area contributed by atoms with Crippen LogP contribution in [0.5, 0.6) is 0 Å². The molecule has 0 spiro atoms. The predicted octanol–water partition coefficient (Wildman–Crippen LogP) is 0.692. The molecule has 0 aliphatic carbocycles. The number of aromatic nitrogens is 4. The van der Waals surface area contributed by atoms with Crippen molar-refractivity contribution in [2.75, 3.05) is 0 Å². The van der Waals surface area contributed by atoms with Crippen LogP contribution in [0, 0.1) is 6.92 Å². The molecule has 6 nitrogen and oxygen atoms in total.